The van der Waals surface area contributed by atoms with Gasteiger partial charge in [0, 0.05) is 22.5 Å². The molecule has 4 saturated carbocycles. The smallest absolute Gasteiger partial charge is 0.227 e. The van der Waals surface area contributed by atoms with Crippen LogP contribution in [0.25, 0.3) is 56.0 Å². The summed E-state index contributed by atoms with van der Waals surface area (Å²) in [4.78, 5) is 18.1. The van der Waals surface area contributed by atoms with Crippen molar-refractivity contribution in [1.82, 2.24) is 19.9 Å². The van der Waals surface area contributed by atoms with E-state index in [1.165, 1.54) is 49.7 Å². The predicted octanol–water partition coefficient (Wildman–Crippen LogP) is 9.29. The van der Waals surface area contributed by atoms with Gasteiger partial charge in [0.05, 0.1) is 5.56 Å². The van der Waals surface area contributed by atoms with Crippen molar-refractivity contribution >= 4 is 33.7 Å². The van der Waals surface area contributed by atoms with Crippen LogP contribution in [-0.2, 0) is 5.41 Å². The summed E-state index contributed by atoms with van der Waals surface area (Å²) in [7, 11) is 0. The molecular formula is C36H29ClN4O. The van der Waals surface area contributed by atoms with Gasteiger partial charge in [-0.1, -0.05) is 60.7 Å². The van der Waals surface area contributed by atoms with Gasteiger partial charge < -0.3 is 4.42 Å². The molecule has 3 aromatic heterocycles. The summed E-state index contributed by atoms with van der Waals surface area (Å²) in [5.41, 5.74) is 7.30. The van der Waals surface area contributed by atoms with Crippen LogP contribution in [0.1, 0.15) is 44.1 Å². The summed E-state index contributed by atoms with van der Waals surface area (Å²) in [6.45, 7) is 0. The van der Waals surface area contributed by atoms with Gasteiger partial charge in [-0.3, -0.25) is 0 Å². The van der Waals surface area contributed by atoms with Crippen LogP contribution in [0.5, 0.6) is 0 Å². The van der Waals surface area contributed by atoms with E-state index in [0.29, 0.717) is 28.4 Å². The highest BCUT2D eigenvalue weighted by molar-refractivity contribution is 6.28. The number of hydrogen-bond acceptors (Lipinski definition) is 5. The largest absolute Gasteiger partial charge is 0.437 e. The number of halogens is 1. The molecule has 4 aliphatic rings. The lowest BCUT2D eigenvalue weighted by atomic mass is 9.48. The molecule has 0 radical (unpaired) electrons. The quantitative estimate of drug-likeness (QED) is 0.212. The Bertz CT molecular complexity index is 1940. The van der Waals surface area contributed by atoms with Crippen molar-refractivity contribution in [2.24, 2.45) is 17.8 Å². The molecule has 3 heterocycles. The van der Waals surface area contributed by atoms with E-state index in [9.17, 15) is 0 Å². The summed E-state index contributed by atoms with van der Waals surface area (Å²) < 4.78 is 6.11. The Morgan fingerprint density at radius 3 is 1.98 bits per heavy atom. The fraction of sp³-hybridized carbons (Fsp3) is 0.278. The number of rotatable bonds is 4. The fourth-order valence-corrected chi connectivity index (χ4v) is 8.86. The molecule has 6 aromatic rings. The van der Waals surface area contributed by atoms with Crippen LogP contribution in [0.2, 0.25) is 5.28 Å². The van der Waals surface area contributed by atoms with Gasteiger partial charge in [0.25, 0.3) is 0 Å². The fourth-order valence-electron chi connectivity index (χ4n) is 8.70. The molecule has 4 fully saturated rings. The number of nitrogens with zero attached hydrogens (tertiary/aromatic N) is 4. The van der Waals surface area contributed by atoms with E-state index < -0.39 is 0 Å². The molecule has 206 valence electrons. The Balaban J connectivity index is 1.02. The summed E-state index contributed by atoms with van der Waals surface area (Å²) in [6.07, 6.45) is 10.3. The maximum absolute atomic E-state index is 6.43. The first kappa shape index (κ1) is 24.5. The molecule has 0 atom stereocenters. The summed E-state index contributed by atoms with van der Waals surface area (Å²) in [5, 5.41) is 2.06. The third-order valence-corrected chi connectivity index (χ3v) is 10.3. The average Bonchev–Trinajstić information content (AvgIpc) is 3.39. The van der Waals surface area contributed by atoms with Gasteiger partial charge in [0.15, 0.2) is 11.6 Å². The Labute approximate surface area is 249 Å². The number of benzene rings is 3. The summed E-state index contributed by atoms with van der Waals surface area (Å²) in [6, 6.07) is 27.7. The Kier molecular flexibility index (Phi) is 5.37. The molecule has 0 aliphatic heterocycles. The van der Waals surface area contributed by atoms with Crippen molar-refractivity contribution in [2.75, 3.05) is 0 Å². The monoisotopic (exact) mass is 568 g/mol. The minimum Gasteiger partial charge on any atom is -0.437 e. The molecule has 42 heavy (non-hydrogen) atoms. The first-order valence-electron chi connectivity index (χ1n) is 15.0. The minimum absolute atomic E-state index is 0.144. The van der Waals surface area contributed by atoms with Crippen molar-refractivity contribution in [3.63, 3.8) is 0 Å². The molecule has 0 saturated heterocycles. The van der Waals surface area contributed by atoms with Crippen molar-refractivity contribution in [1.29, 1.82) is 0 Å². The van der Waals surface area contributed by atoms with E-state index in [4.69, 9.17) is 21.0 Å². The molecular weight excluding hydrogens is 540 g/mol. The SMILES string of the molecule is Clc1nc(-c2ccc(-c3ccc(C45CC6C[C@H](C4)C[C@@H](C6)C5)cc3)cc2)nc(-c2cccc3c2oc2ncccc23)n1. The molecule has 3 aromatic carbocycles. The lowest BCUT2D eigenvalue weighted by Crippen LogP contribution is -2.48. The third-order valence-electron chi connectivity index (χ3n) is 10.1. The minimum atomic E-state index is 0.144. The molecule has 0 N–H and O–H groups in total. The van der Waals surface area contributed by atoms with Gasteiger partial charge in [0.1, 0.15) is 5.58 Å². The zero-order valence-corrected chi connectivity index (χ0v) is 23.9. The number of aromatic nitrogens is 4. The average molecular weight is 569 g/mol. The predicted molar refractivity (Wildman–Crippen MR) is 166 cm³/mol. The zero-order chi connectivity index (χ0) is 27.8. The molecule has 5 nitrogen and oxygen atoms in total. The van der Waals surface area contributed by atoms with Gasteiger partial charge in [-0.15, -0.1) is 0 Å². The second-order valence-corrected chi connectivity index (χ2v) is 13.1. The number of pyridine rings is 1. The lowest BCUT2D eigenvalue weighted by Gasteiger charge is -2.57. The second kappa shape index (κ2) is 9.20. The Morgan fingerprint density at radius 2 is 1.26 bits per heavy atom. The molecule has 10 rings (SSSR count). The molecule has 4 aliphatic carbocycles. The summed E-state index contributed by atoms with van der Waals surface area (Å²) in [5.74, 6) is 3.86. The van der Waals surface area contributed by atoms with Gasteiger partial charge >= 0.3 is 0 Å². The van der Waals surface area contributed by atoms with E-state index >= 15 is 0 Å². The summed E-state index contributed by atoms with van der Waals surface area (Å²) >= 11 is 6.43. The number of furan rings is 1. The Morgan fingerprint density at radius 1 is 0.643 bits per heavy atom. The third kappa shape index (κ3) is 3.90. The van der Waals surface area contributed by atoms with Gasteiger partial charge in [-0.2, -0.15) is 9.97 Å². The second-order valence-electron chi connectivity index (χ2n) is 12.7. The van der Waals surface area contributed by atoms with E-state index in [1.54, 1.807) is 11.8 Å². The van der Waals surface area contributed by atoms with E-state index in [0.717, 1.165) is 39.7 Å². The maximum atomic E-state index is 6.43. The first-order valence-corrected chi connectivity index (χ1v) is 15.4. The first-order chi connectivity index (χ1) is 20.6. The highest BCUT2D eigenvalue weighted by Crippen LogP contribution is 2.60. The molecule has 6 heteroatoms. The van der Waals surface area contributed by atoms with Gasteiger partial charge in [0.2, 0.25) is 11.0 Å². The molecule has 4 bridgehead atoms. The van der Waals surface area contributed by atoms with E-state index in [-0.39, 0.29) is 5.28 Å². The van der Waals surface area contributed by atoms with Crippen molar-refractivity contribution in [3.8, 4) is 33.9 Å². The molecule has 0 spiro atoms. The van der Waals surface area contributed by atoms with E-state index in [1.807, 2.05) is 30.3 Å². The van der Waals surface area contributed by atoms with E-state index in [2.05, 4.69) is 63.5 Å². The van der Waals surface area contributed by atoms with Crippen LogP contribution in [0.15, 0.2) is 89.5 Å². The lowest BCUT2D eigenvalue weighted by molar-refractivity contribution is -0.00518. The number of hydrogen-bond donors (Lipinski definition) is 0. The van der Waals surface area contributed by atoms with Crippen molar-refractivity contribution in [2.45, 2.75) is 43.9 Å². The normalized spacial score (nSPS) is 24.5. The van der Waals surface area contributed by atoms with Crippen LogP contribution in [-0.4, -0.2) is 19.9 Å². The topological polar surface area (TPSA) is 64.7 Å². The highest BCUT2D eigenvalue weighted by atomic mass is 35.5. The van der Waals surface area contributed by atoms with Crippen LogP contribution in [0, 0.1) is 17.8 Å². The standard InChI is InChI=1S/C36H29ClN4O/c37-35-40-32(39-33(41-35)30-4-1-3-28-29-5-2-14-38-34(29)42-31(28)30)26-8-6-24(7-9-26)25-10-12-27(13-11-25)36-18-21-15-22(19-36)17-23(16-21)20-36/h1-14,21-23H,15-20H2/t21-,22+,23?,36?. The van der Waals surface area contributed by atoms with Gasteiger partial charge in [-0.25, -0.2) is 9.97 Å². The van der Waals surface area contributed by atoms with Crippen LogP contribution in [0.3, 0.4) is 0 Å². The maximum Gasteiger partial charge on any atom is 0.227 e. The molecule has 0 amide bonds. The van der Waals surface area contributed by atoms with Crippen molar-refractivity contribution < 1.29 is 4.42 Å². The van der Waals surface area contributed by atoms with Gasteiger partial charge in [-0.05, 0) is 108 Å². The Hall–Kier alpha value is -4.09. The van der Waals surface area contributed by atoms with Crippen LogP contribution in [0.4, 0.5) is 0 Å². The zero-order valence-electron chi connectivity index (χ0n) is 23.1. The molecule has 0 unspecified atom stereocenters. The number of fused-ring (bicyclic) bond motifs is 3. The highest BCUT2D eigenvalue weighted by Gasteiger charge is 2.51. The van der Waals surface area contributed by atoms with Crippen LogP contribution < -0.4 is 0 Å². The van der Waals surface area contributed by atoms with Crippen LogP contribution >= 0.6 is 11.6 Å². The van der Waals surface area contributed by atoms with Crippen molar-refractivity contribution in [3.05, 3.63) is 95.9 Å². The number of para-hydroxylation sites is 1.